The monoisotopic (exact) mass is 367 g/mol. The molecule has 1 saturated heterocycles. The topological polar surface area (TPSA) is 121 Å². The lowest BCUT2D eigenvalue weighted by Crippen LogP contribution is -2.39. The highest BCUT2D eigenvalue weighted by molar-refractivity contribution is 7.92. The largest absolute Gasteiger partial charge is 0.334 e. The molecule has 0 saturated carbocycles. The predicted octanol–water partition coefficient (Wildman–Crippen LogP) is 0.440. The van der Waals surface area contributed by atoms with Gasteiger partial charge in [-0.3, -0.25) is 24.0 Å². The molecule has 1 aliphatic rings. The minimum Gasteiger partial charge on any atom is -0.292 e. The fraction of sp³-hybridized carbons (Fsp3) is 0.333. The molecule has 0 aliphatic carbocycles. The van der Waals surface area contributed by atoms with Gasteiger partial charge in [-0.25, -0.2) is 18.1 Å². The Hall–Kier alpha value is -2.75. The molecule has 0 radical (unpaired) electrons. The van der Waals surface area contributed by atoms with Gasteiger partial charge in [-0.15, -0.1) is 0 Å². The zero-order valence-electron chi connectivity index (χ0n) is 13.8. The molecule has 0 spiro atoms. The molecule has 10 heteroatoms. The number of hydrogen-bond acceptors (Lipinski definition) is 6. The number of carbonyl (C=O) groups is 4. The first-order chi connectivity index (χ1) is 11.5. The second-order valence-electron chi connectivity index (χ2n) is 5.82. The molecule has 0 bridgehead atoms. The van der Waals surface area contributed by atoms with Gasteiger partial charge in [0.25, 0.3) is 0 Å². The van der Waals surface area contributed by atoms with Crippen LogP contribution in [0.3, 0.4) is 0 Å². The molecule has 1 aliphatic heterocycles. The Morgan fingerprint density at radius 2 is 1.64 bits per heavy atom. The van der Waals surface area contributed by atoms with Crippen molar-refractivity contribution in [2.24, 2.45) is 0 Å². The van der Waals surface area contributed by atoms with Gasteiger partial charge in [0.15, 0.2) is 5.78 Å². The molecule has 1 aromatic carbocycles. The van der Waals surface area contributed by atoms with Crippen molar-refractivity contribution in [1.82, 2.24) is 9.80 Å². The van der Waals surface area contributed by atoms with Crippen LogP contribution < -0.4 is 4.72 Å². The first kappa shape index (κ1) is 18.6. The van der Waals surface area contributed by atoms with Gasteiger partial charge in [0, 0.05) is 17.3 Å². The number of imide groups is 2. The lowest BCUT2D eigenvalue weighted by Gasteiger charge is -2.18. The minimum atomic E-state index is -3.44. The van der Waals surface area contributed by atoms with Crippen LogP contribution in [0.2, 0.25) is 0 Å². The fourth-order valence-electron chi connectivity index (χ4n) is 2.29. The molecule has 1 fully saturated rings. The molecule has 9 nitrogen and oxygen atoms in total. The lowest BCUT2D eigenvalue weighted by atomic mass is 10.1. The summed E-state index contributed by atoms with van der Waals surface area (Å²) in [6, 6.07) is 4.17. The maximum absolute atomic E-state index is 12.3. The van der Waals surface area contributed by atoms with E-state index in [2.05, 4.69) is 4.72 Å². The number of nitrogens with one attached hydrogen (secondary N) is 1. The van der Waals surface area contributed by atoms with Crippen molar-refractivity contribution in [2.75, 3.05) is 17.5 Å². The predicted molar refractivity (Wildman–Crippen MR) is 88.3 cm³/mol. The van der Waals surface area contributed by atoms with E-state index in [1.807, 2.05) is 0 Å². The summed E-state index contributed by atoms with van der Waals surface area (Å²) in [5.41, 5.74) is 0.448. The summed E-state index contributed by atoms with van der Waals surface area (Å²) in [7, 11) is -3.44. The number of benzene rings is 1. The normalized spacial score (nSPS) is 15.3. The summed E-state index contributed by atoms with van der Waals surface area (Å²) >= 11 is 0. The van der Waals surface area contributed by atoms with Crippen molar-refractivity contribution in [3.8, 4) is 0 Å². The van der Waals surface area contributed by atoms with Crippen molar-refractivity contribution < 1.29 is 27.6 Å². The van der Waals surface area contributed by atoms with Gasteiger partial charge < -0.3 is 0 Å². The molecule has 1 N–H and O–H groups in total. The summed E-state index contributed by atoms with van der Waals surface area (Å²) in [5.74, 6) is -2.55. The molecule has 1 heterocycles. The first-order valence-corrected chi connectivity index (χ1v) is 9.20. The molecule has 25 heavy (non-hydrogen) atoms. The second-order valence-corrected chi connectivity index (χ2v) is 7.57. The quantitative estimate of drug-likeness (QED) is 0.442. The van der Waals surface area contributed by atoms with Gasteiger partial charge in [-0.2, -0.15) is 0 Å². The van der Waals surface area contributed by atoms with E-state index in [1.54, 1.807) is 13.8 Å². The Labute approximate surface area is 144 Å². The zero-order chi connectivity index (χ0) is 18.9. The minimum absolute atomic E-state index is 0.176. The van der Waals surface area contributed by atoms with E-state index >= 15 is 0 Å². The molecule has 0 aromatic heterocycles. The smallest absolute Gasteiger partial charge is 0.292 e. The number of urea groups is 1. The number of carbonyl (C=O) groups excluding carboxylic acids is 4. The highest BCUT2D eigenvalue weighted by atomic mass is 32.2. The van der Waals surface area contributed by atoms with Crippen LogP contribution in [0.1, 0.15) is 24.2 Å². The number of nitrogens with zero attached hydrogens (tertiary/aromatic N) is 2. The molecule has 0 atom stereocenters. The van der Waals surface area contributed by atoms with Crippen molar-refractivity contribution in [3.63, 3.8) is 0 Å². The third-order valence-electron chi connectivity index (χ3n) is 3.41. The molecule has 134 valence electrons. The molecular weight excluding hydrogens is 350 g/mol. The van der Waals surface area contributed by atoms with Crippen LogP contribution in [0.4, 0.5) is 10.5 Å². The number of rotatable bonds is 6. The van der Waals surface area contributed by atoms with Gasteiger partial charge in [0.05, 0.1) is 12.8 Å². The third-order valence-corrected chi connectivity index (χ3v) is 4.02. The number of Topliss-reactive ketones (excluding diaryl/α,β-unsaturated/α-hetero) is 1. The van der Waals surface area contributed by atoms with E-state index in [9.17, 15) is 27.6 Å². The number of hydrogen-bond donors (Lipinski definition) is 1. The summed E-state index contributed by atoms with van der Waals surface area (Å²) < 4.78 is 24.5. The van der Waals surface area contributed by atoms with Gasteiger partial charge in [0.1, 0.15) is 0 Å². The number of sulfonamides is 1. The van der Waals surface area contributed by atoms with Crippen molar-refractivity contribution >= 4 is 39.3 Å². The number of amides is 4. The lowest BCUT2D eigenvalue weighted by molar-refractivity contribution is -0.143. The molecule has 1 aromatic rings. The molecule has 2 rings (SSSR count). The second kappa shape index (κ2) is 6.63. The number of anilines is 1. The zero-order valence-corrected chi connectivity index (χ0v) is 14.7. The van der Waals surface area contributed by atoms with Crippen molar-refractivity contribution in [2.45, 2.75) is 19.9 Å². The molecule has 0 unspecified atom stereocenters. The van der Waals surface area contributed by atoms with Crippen LogP contribution in [-0.4, -0.2) is 60.7 Å². The summed E-state index contributed by atoms with van der Waals surface area (Å²) in [6.07, 6.45) is 0.994. The standard InChI is InChI=1S/C15H17N3O6S/c1-9(2)18-14(21)13(20)17(15(18)22)8-12(19)10-4-6-11(7-5-10)16-25(3,23)24/h4-7,9,16H,8H2,1-3H3. The Morgan fingerprint density at radius 1 is 1.08 bits per heavy atom. The van der Waals surface area contributed by atoms with E-state index in [0.29, 0.717) is 4.90 Å². The summed E-state index contributed by atoms with van der Waals surface area (Å²) in [4.78, 5) is 49.5. The van der Waals surface area contributed by atoms with Crippen LogP contribution in [0.15, 0.2) is 24.3 Å². The highest BCUT2D eigenvalue weighted by Crippen LogP contribution is 2.17. The van der Waals surface area contributed by atoms with E-state index in [0.717, 1.165) is 11.2 Å². The average molecular weight is 367 g/mol. The van der Waals surface area contributed by atoms with Crippen LogP contribution in [0.25, 0.3) is 0 Å². The average Bonchev–Trinajstić information content (AvgIpc) is 2.70. The van der Waals surface area contributed by atoms with Crippen LogP contribution in [-0.2, 0) is 19.6 Å². The SMILES string of the molecule is CC(C)N1C(=O)C(=O)N(CC(=O)c2ccc(NS(C)(=O)=O)cc2)C1=O. The van der Waals surface area contributed by atoms with Crippen LogP contribution in [0.5, 0.6) is 0 Å². The van der Waals surface area contributed by atoms with E-state index < -0.39 is 46.2 Å². The van der Waals surface area contributed by atoms with Crippen molar-refractivity contribution in [3.05, 3.63) is 29.8 Å². The van der Waals surface area contributed by atoms with E-state index in [-0.39, 0.29) is 11.3 Å². The molecule has 4 amide bonds. The Kier molecular flexibility index (Phi) is 4.93. The van der Waals surface area contributed by atoms with Crippen molar-refractivity contribution in [1.29, 1.82) is 0 Å². The maximum atomic E-state index is 12.3. The van der Waals surface area contributed by atoms with Crippen LogP contribution in [0, 0.1) is 0 Å². The van der Waals surface area contributed by atoms with Gasteiger partial charge in [-0.05, 0) is 38.1 Å². The Bertz CT molecular complexity index is 845. The van der Waals surface area contributed by atoms with E-state index in [1.165, 1.54) is 24.3 Å². The third kappa shape index (κ3) is 4.02. The van der Waals surface area contributed by atoms with Gasteiger partial charge >= 0.3 is 17.8 Å². The van der Waals surface area contributed by atoms with Gasteiger partial charge in [0.2, 0.25) is 10.0 Å². The van der Waals surface area contributed by atoms with E-state index in [4.69, 9.17) is 0 Å². The number of ketones is 1. The Balaban J connectivity index is 2.13. The summed E-state index contributed by atoms with van der Waals surface area (Å²) in [6.45, 7) is 2.61. The maximum Gasteiger partial charge on any atom is 0.334 e. The Morgan fingerprint density at radius 3 is 2.08 bits per heavy atom. The fourth-order valence-corrected chi connectivity index (χ4v) is 2.85. The summed E-state index contributed by atoms with van der Waals surface area (Å²) in [5, 5.41) is 0. The van der Waals surface area contributed by atoms with Crippen LogP contribution >= 0.6 is 0 Å². The molecular formula is C15H17N3O6S. The van der Waals surface area contributed by atoms with Gasteiger partial charge in [-0.1, -0.05) is 0 Å². The first-order valence-electron chi connectivity index (χ1n) is 7.31. The highest BCUT2D eigenvalue weighted by Gasteiger charge is 2.46.